The summed E-state index contributed by atoms with van der Waals surface area (Å²) < 4.78 is 9.99. The Kier molecular flexibility index (Phi) is 4.68. The molecule has 0 radical (unpaired) electrons. The summed E-state index contributed by atoms with van der Waals surface area (Å²) in [5, 5.41) is 0. The van der Waals surface area contributed by atoms with Crippen LogP contribution >= 0.6 is 0 Å². The van der Waals surface area contributed by atoms with Gasteiger partial charge in [0.1, 0.15) is 5.76 Å². The molecule has 0 spiro atoms. The van der Waals surface area contributed by atoms with Gasteiger partial charge in [0.25, 0.3) is 0 Å². The number of hydrogen-bond donors (Lipinski definition) is 0. The summed E-state index contributed by atoms with van der Waals surface area (Å²) in [5.41, 5.74) is 0. The predicted molar refractivity (Wildman–Crippen MR) is 57.3 cm³/mol. The molecule has 1 atom stereocenters. The fourth-order valence-electron chi connectivity index (χ4n) is 1.25. The Bertz CT molecular complexity index is 312. The van der Waals surface area contributed by atoms with E-state index in [0.717, 1.165) is 12.2 Å². The molecular weight excluding hydrogens is 192 g/mol. The molecule has 3 nitrogen and oxygen atoms in total. The molecule has 0 amide bonds. The van der Waals surface area contributed by atoms with E-state index in [0.29, 0.717) is 6.61 Å². The van der Waals surface area contributed by atoms with Gasteiger partial charge in [-0.05, 0) is 25.0 Å². The molecule has 0 aliphatic rings. The molecule has 0 saturated heterocycles. The molecule has 0 unspecified atom stereocenters. The van der Waals surface area contributed by atoms with Gasteiger partial charge in [-0.3, -0.25) is 0 Å². The molecule has 0 fully saturated rings. The molecule has 0 bridgehead atoms. The fraction of sp³-hybridized carbons (Fsp3) is 0.417. The van der Waals surface area contributed by atoms with Gasteiger partial charge in [0, 0.05) is 12.5 Å². The van der Waals surface area contributed by atoms with Crippen molar-refractivity contribution < 1.29 is 13.9 Å². The lowest BCUT2D eigenvalue weighted by Gasteiger charge is -2.02. The zero-order valence-corrected chi connectivity index (χ0v) is 9.10. The second-order valence-corrected chi connectivity index (χ2v) is 3.37. The Labute approximate surface area is 89.7 Å². The minimum atomic E-state index is -0.288. The van der Waals surface area contributed by atoms with Crippen molar-refractivity contribution in [1.82, 2.24) is 0 Å². The highest BCUT2D eigenvalue weighted by atomic mass is 16.5. The largest absolute Gasteiger partial charge is 0.469 e. The maximum absolute atomic E-state index is 11.0. The Morgan fingerprint density at radius 1 is 1.67 bits per heavy atom. The second-order valence-electron chi connectivity index (χ2n) is 3.37. The Morgan fingerprint density at radius 3 is 3.07 bits per heavy atom. The number of carbonyl (C=O) groups is 1. The molecule has 15 heavy (non-hydrogen) atoms. The van der Waals surface area contributed by atoms with E-state index in [1.165, 1.54) is 6.08 Å². The normalized spacial score (nSPS) is 12.9. The first-order chi connectivity index (χ1) is 7.22. The molecular formula is C12H16O3. The maximum atomic E-state index is 11.0. The molecule has 0 aliphatic carbocycles. The zero-order chi connectivity index (χ0) is 11.1. The van der Waals surface area contributed by atoms with Crippen molar-refractivity contribution in [3.05, 3.63) is 36.3 Å². The van der Waals surface area contributed by atoms with E-state index < -0.39 is 0 Å². The summed E-state index contributed by atoms with van der Waals surface area (Å²) in [7, 11) is 0. The van der Waals surface area contributed by atoms with Crippen molar-refractivity contribution >= 4 is 5.97 Å². The SMILES string of the molecule is CCOC(=O)/C=C/[C@@H](C)Cc1ccco1. The summed E-state index contributed by atoms with van der Waals surface area (Å²) in [5.74, 6) is 0.903. The smallest absolute Gasteiger partial charge is 0.330 e. The first-order valence-corrected chi connectivity index (χ1v) is 5.09. The quantitative estimate of drug-likeness (QED) is 0.551. The molecule has 1 aromatic rings. The van der Waals surface area contributed by atoms with Crippen LogP contribution in [0.4, 0.5) is 0 Å². The molecule has 0 N–H and O–H groups in total. The van der Waals surface area contributed by atoms with Crippen LogP contribution in [0.5, 0.6) is 0 Å². The highest BCUT2D eigenvalue weighted by Gasteiger charge is 2.03. The third-order valence-electron chi connectivity index (χ3n) is 1.95. The fourth-order valence-corrected chi connectivity index (χ4v) is 1.25. The van der Waals surface area contributed by atoms with Gasteiger partial charge in [-0.2, -0.15) is 0 Å². The van der Waals surface area contributed by atoms with Crippen LogP contribution in [-0.4, -0.2) is 12.6 Å². The lowest BCUT2D eigenvalue weighted by Crippen LogP contribution is -2.01. The van der Waals surface area contributed by atoms with E-state index in [2.05, 4.69) is 0 Å². The van der Waals surface area contributed by atoms with E-state index in [1.807, 2.05) is 25.1 Å². The lowest BCUT2D eigenvalue weighted by molar-refractivity contribution is -0.137. The number of esters is 1. The van der Waals surface area contributed by atoms with Crippen molar-refractivity contribution in [3.8, 4) is 0 Å². The van der Waals surface area contributed by atoms with Crippen LogP contribution in [0.25, 0.3) is 0 Å². The van der Waals surface area contributed by atoms with Gasteiger partial charge < -0.3 is 9.15 Å². The summed E-state index contributed by atoms with van der Waals surface area (Å²) >= 11 is 0. The maximum Gasteiger partial charge on any atom is 0.330 e. The molecule has 0 saturated carbocycles. The number of allylic oxidation sites excluding steroid dienone is 1. The molecule has 3 heteroatoms. The van der Waals surface area contributed by atoms with Crippen LogP contribution in [0.1, 0.15) is 19.6 Å². The Morgan fingerprint density at radius 2 is 2.47 bits per heavy atom. The van der Waals surface area contributed by atoms with Gasteiger partial charge in [0.15, 0.2) is 0 Å². The van der Waals surface area contributed by atoms with Gasteiger partial charge >= 0.3 is 5.97 Å². The molecule has 0 aliphatic heterocycles. The summed E-state index contributed by atoms with van der Waals surface area (Å²) in [6, 6.07) is 3.78. The van der Waals surface area contributed by atoms with Crippen molar-refractivity contribution in [2.24, 2.45) is 5.92 Å². The van der Waals surface area contributed by atoms with E-state index in [4.69, 9.17) is 9.15 Å². The van der Waals surface area contributed by atoms with Gasteiger partial charge in [0.2, 0.25) is 0 Å². The topological polar surface area (TPSA) is 39.4 Å². The third-order valence-corrected chi connectivity index (χ3v) is 1.95. The summed E-state index contributed by atoms with van der Waals surface area (Å²) in [6.45, 7) is 4.23. The van der Waals surface area contributed by atoms with Crippen molar-refractivity contribution in [2.45, 2.75) is 20.3 Å². The molecule has 1 rings (SSSR count). The highest BCUT2D eigenvalue weighted by molar-refractivity contribution is 5.81. The van der Waals surface area contributed by atoms with Crippen LogP contribution in [0.2, 0.25) is 0 Å². The monoisotopic (exact) mass is 208 g/mol. The highest BCUT2D eigenvalue weighted by Crippen LogP contribution is 2.09. The minimum absolute atomic E-state index is 0.264. The van der Waals surface area contributed by atoms with E-state index in [9.17, 15) is 4.79 Å². The number of rotatable bonds is 5. The van der Waals surface area contributed by atoms with Gasteiger partial charge in [-0.1, -0.05) is 13.0 Å². The summed E-state index contributed by atoms with van der Waals surface area (Å²) in [4.78, 5) is 11.0. The first-order valence-electron chi connectivity index (χ1n) is 5.09. The minimum Gasteiger partial charge on any atom is -0.469 e. The van der Waals surface area contributed by atoms with E-state index >= 15 is 0 Å². The van der Waals surface area contributed by atoms with Crippen LogP contribution in [-0.2, 0) is 16.0 Å². The Balaban J connectivity index is 2.35. The third kappa shape index (κ3) is 4.49. The van der Waals surface area contributed by atoms with Crippen LogP contribution in [0, 0.1) is 5.92 Å². The zero-order valence-electron chi connectivity index (χ0n) is 9.10. The van der Waals surface area contributed by atoms with Crippen molar-refractivity contribution in [1.29, 1.82) is 0 Å². The van der Waals surface area contributed by atoms with Gasteiger partial charge in [0.05, 0.1) is 12.9 Å². The first kappa shape index (κ1) is 11.6. The van der Waals surface area contributed by atoms with Crippen LogP contribution < -0.4 is 0 Å². The molecule has 0 aromatic carbocycles. The Hall–Kier alpha value is -1.51. The van der Waals surface area contributed by atoms with E-state index in [-0.39, 0.29) is 11.9 Å². The van der Waals surface area contributed by atoms with Crippen molar-refractivity contribution in [3.63, 3.8) is 0 Å². The lowest BCUT2D eigenvalue weighted by atomic mass is 10.1. The predicted octanol–water partition coefficient (Wildman–Crippen LogP) is 2.58. The number of hydrogen-bond acceptors (Lipinski definition) is 3. The average Bonchev–Trinajstić information content (AvgIpc) is 2.68. The molecule has 82 valence electrons. The van der Waals surface area contributed by atoms with Gasteiger partial charge in [-0.25, -0.2) is 4.79 Å². The van der Waals surface area contributed by atoms with Gasteiger partial charge in [-0.15, -0.1) is 0 Å². The van der Waals surface area contributed by atoms with Crippen LogP contribution in [0.3, 0.4) is 0 Å². The summed E-state index contributed by atoms with van der Waals surface area (Å²) in [6.07, 6.45) is 5.75. The second kappa shape index (κ2) is 6.06. The molecule has 1 aromatic heterocycles. The number of furan rings is 1. The average molecular weight is 208 g/mol. The number of ether oxygens (including phenoxy) is 1. The van der Waals surface area contributed by atoms with E-state index in [1.54, 1.807) is 13.2 Å². The number of carbonyl (C=O) groups excluding carboxylic acids is 1. The van der Waals surface area contributed by atoms with Crippen molar-refractivity contribution in [2.75, 3.05) is 6.61 Å². The molecule has 1 heterocycles. The standard InChI is InChI=1S/C12H16O3/c1-3-14-12(13)7-6-10(2)9-11-5-4-8-15-11/h4-8,10H,3,9H2,1-2H3/b7-6+/t10-/m1/s1. The van der Waals surface area contributed by atoms with Crippen LogP contribution in [0.15, 0.2) is 35.0 Å².